The molecule has 4 nitrogen and oxygen atoms in total. The van der Waals surface area contributed by atoms with E-state index in [2.05, 4.69) is 35.2 Å². The van der Waals surface area contributed by atoms with Crippen LogP contribution >= 0.6 is 0 Å². The Hall–Kier alpha value is -3.50. The molecule has 0 radical (unpaired) electrons. The predicted octanol–water partition coefficient (Wildman–Crippen LogP) is 7.34. The summed E-state index contributed by atoms with van der Waals surface area (Å²) in [4.78, 5) is 2.58. The molecule has 1 heterocycles. The van der Waals surface area contributed by atoms with Gasteiger partial charge in [-0.1, -0.05) is 36.4 Å². The molecule has 5 rings (SSSR count). The third kappa shape index (κ3) is 5.28. The van der Waals surface area contributed by atoms with Gasteiger partial charge >= 0.3 is 0 Å². The highest BCUT2D eigenvalue weighted by Gasteiger charge is 2.19. The number of nitrogens with zero attached hydrogens (tertiary/aromatic N) is 1. The topological polar surface area (TPSA) is 30.9 Å². The molecule has 0 atom stereocenters. The molecule has 0 bridgehead atoms. The molecule has 1 saturated heterocycles. The molecule has 1 aliphatic heterocycles. The van der Waals surface area contributed by atoms with E-state index in [-0.39, 0.29) is 0 Å². The fourth-order valence-electron chi connectivity index (χ4n) is 5.04. The van der Waals surface area contributed by atoms with Crippen molar-refractivity contribution in [3.8, 4) is 34.1 Å². The Bertz CT molecular complexity index is 1280. The number of para-hydroxylation sites is 1. The first-order valence-corrected chi connectivity index (χ1v) is 12.5. The van der Waals surface area contributed by atoms with Gasteiger partial charge in [-0.25, -0.2) is 0 Å². The van der Waals surface area contributed by atoms with Crippen molar-refractivity contribution >= 4 is 10.8 Å². The molecule has 0 aromatic heterocycles. The summed E-state index contributed by atoms with van der Waals surface area (Å²) in [7, 11) is 3.42. The number of ether oxygens (including phenoxy) is 3. The zero-order valence-electron chi connectivity index (χ0n) is 20.6. The second-order valence-electron chi connectivity index (χ2n) is 9.13. The highest BCUT2D eigenvalue weighted by atomic mass is 16.5. The highest BCUT2D eigenvalue weighted by molar-refractivity contribution is 5.98. The molecule has 0 spiro atoms. The number of hydrogen-bond acceptors (Lipinski definition) is 4. The normalized spacial score (nSPS) is 13.8. The Balaban J connectivity index is 1.66. The fourth-order valence-corrected chi connectivity index (χ4v) is 5.04. The summed E-state index contributed by atoms with van der Waals surface area (Å²) in [5.74, 6) is 3.38. The lowest BCUT2D eigenvalue weighted by Gasteiger charge is -2.21. The molecular weight excluding hydrogens is 434 g/mol. The second kappa shape index (κ2) is 10.8. The van der Waals surface area contributed by atoms with Gasteiger partial charge in [-0.05, 0) is 104 Å². The van der Waals surface area contributed by atoms with Crippen LogP contribution in [0.25, 0.3) is 21.9 Å². The lowest BCUT2D eigenvalue weighted by Crippen LogP contribution is -2.20. The number of methoxy groups -OCH3 is 2. The van der Waals surface area contributed by atoms with Crippen molar-refractivity contribution in [3.63, 3.8) is 0 Å². The average molecular weight is 468 g/mol. The average Bonchev–Trinajstić information content (AvgIpc) is 3.42. The van der Waals surface area contributed by atoms with E-state index in [0.29, 0.717) is 0 Å². The van der Waals surface area contributed by atoms with Crippen LogP contribution in [0.2, 0.25) is 0 Å². The zero-order chi connectivity index (χ0) is 24.0. The molecule has 0 aliphatic carbocycles. The Labute approximate surface area is 208 Å². The lowest BCUT2D eigenvalue weighted by atomic mass is 9.91. The number of hydrogen-bond donors (Lipinski definition) is 0. The van der Waals surface area contributed by atoms with E-state index in [1.165, 1.54) is 31.5 Å². The molecule has 1 fully saturated rings. The monoisotopic (exact) mass is 467 g/mol. The van der Waals surface area contributed by atoms with E-state index in [1.54, 1.807) is 14.2 Å². The van der Waals surface area contributed by atoms with Crippen molar-refractivity contribution in [3.05, 3.63) is 84.4 Å². The summed E-state index contributed by atoms with van der Waals surface area (Å²) < 4.78 is 17.8. The second-order valence-corrected chi connectivity index (χ2v) is 9.13. The first kappa shape index (κ1) is 23.3. The molecule has 0 saturated carbocycles. The summed E-state index contributed by atoms with van der Waals surface area (Å²) >= 11 is 0. The number of aryl methyl sites for hydroxylation is 1. The lowest BCUT2D eigenvalue weighted by molar-refractivity contribution is 0.334. The summed E-state index contributed by atoms with van der Waals surface area (Å²) in [5, 5.41) is 2.19. The standard InChI is InChI=1S/C31H33NO3/c1-33-27-14-8-10-24(21-27)30-23(11-9-19-32-17-6-7-18-32)20-25-22-28(34-2)15-16-29(25)31(30)35-26-12-4-3-5-13-26/h3-5,8,10,12-16,20-22H,6-7,9,11,17-19H2,1-2H3. The van der Waals surface area contributed by atoms with Gasteiger partial charge in [0.15, 0.2) is 0 Å². The van der Waals surface area contributed by atoms with E-state index in [0.717, 1.165) is 64.3 Å². The molecule has 4 aromatic rings. The van der Waals surface area contributed by atoms with Crippen LogP contribution in [0.15, 0.2) is 78.9 Å². The minimum Gasteiger partial charge on any atom is -0.497 e. The SMILES string of the molecule is COc1cccc(-c2c(CCCN3CCCC3)cc3cc(OC)ccc3c2Oc2ccccc2)c1. The van der Waals surface area contributed by atoms with Gasteiger partial charge in [-0.2, -0.15) is 0 Å². The number of fused-ring (bicyclic) bond motifs is 1. The molecule has 0 amide bonds. The molecule has 35 heavy (non-hydrogen) atoms. The Kier molecular flexibility index (Phi) is 7.20. The van der Waals surface area contributed by atoms with Gasteiger partial charge in [0.2, 0.25) is 0 Å². The molecule has 4 heteroatoms. The van der Waals surface area contributed by atoms with Gasteiger partial charge in [-0.15, -0.1) is 0 Å². The fraction of sp³-hybridized carbons (Fsp3) is 0.290. The van der Waals surface area contributed by atoms with Gasteiger partial charge in [-0.3, -0.25) is 0 Å². The smallest absolute Gasteiger partial charge is 0.143 e. The van der Waals surface area contributed by atoms with E-state index >= 15 is 0 Å². The number of rotatable bonds is 9. The first-order chi connectivity index (χ1) is 17.2. The third-order valence-corrected chi connectivity index (χ3v) is 6.82. The van der Waals surface area contributed by atoms with Crippen LogP contribution in [0, 0.1) is 0 Å². The van der Waals surface area contributed by atoms with Crippen molar-refractivity contribution in [2.75, 3.05) is 33.9 Å². The van der Waals surface area contributed by atoms with Crippen LogP contribution in [0.3, 0.4) is 0 Å². The van der Waals surface area contributed by atoms with E-state index in [4.69, 9.17) is 14.2 Å². The van der Waals surface area contributed by atoms with Crippen LogP contribution in [-0.4, -0.2) is 38.8 Å². The van der Waals surface area contributed by atoms with Crippen molar-refractivity contribution in [2.45, 2.75) is 25.7 Å². The maximum absolute atomic E-state index is 6.65. The highest BCUT2D eigenvalue weighted by Crippen LogP contribution is 2.44. The van der Waals surface area contributed by atoms with Crippen LogP contribution < -0.4 is 14.2 Å². The van der Waals surface area contributed by atoms with Gasteiger partial charge < -0.3 is 19.1 Å². The maximum atomic E-state index is 6.65. The quantitative estimate of drug-likeness (QED) is 0.258. The molecule has 0 unspecified atom stereocenters. The van der Waals surface area contributed by atoms with Gasteiger partial charge in [0, 0.05) is 10.9 Å². The molecule has 4 aromatic carbocycles. The summed E-state index contributed by atoms with van der Waals surface area (Å²) in [6.45, 7) is 3.57. The van der Waals surface area contributed by atoms with Crippen molar-refractivity contribution in [2.24, 2.45) is 0 Å². The van der Waals surface area contributed by atoms with Crippen LogP contribution in [0.5, 0.6) is 23.0 Å². The number of benzene rings is 4. The van der Waals surface area contributed by atoms with Gasteiger partial charge in [0.25, 0.3) is 0 Å². The summed E-state index contributed by atoms with van der Waals surface area (Å²) in [5.41, 5.74) is 3.51. The molecular formula is C31H33NO3. The Morgan fingerprint density at radius 1 is 0.743 bits per heavy atom. The summed E-state index contributed by atoms with van der Waals surface area (Å²) in [6.07, 6.45) is 4.72. The first-order valence-electron chi connectivity index (χ1n) is 12.5. The van der Waals surface area contributed by atoms with E-state index < -0.39 is 0 Å². The summed E-state index contributed by atoms with van der Waals surface area (Å²) in [6, 6.07) is 26.8. The van der Waals surface area contributed by atoms with Crippen LogP contribution in [-0.2, 0) is 6.42 Å². The maximum Gasteiger partial charge on any atom is 0.143 e. The van der Waals surface area contributed by atoms with Crippen LogP contribution in [0.4, 0.5) is 0 Å². The van der Waals surface area contributed by atoms with Crippen LogP contribution in [0.1, 0.15) is 24.8 Å². The molecule has 1 aliphatic rings. The predicted molar refractivity (Wildman–Crippen MR) is 143 cm³/mol. The minimum atomic E-state index is 0.822. The van der Waals surface area contributed by atoms with Crippen molar-refractivity contribution in [1.82, 2.24) is 4.90 Å². The largest absolute Gasteiger partial charge is 0.497 e. The Morgan fingerprint density at radius 3 is 2.26 bits per heavy atom. The molecule has 0 N–H and O–H groups in total. The third-order valence-electron chi connectivity index (χ3n) is 6.82. The van der Waals surface area contributed by atoms with Crippen molar-refractivity contribution < 1.29 is 14.2 Å². The van der Waals surface area contributed by atoms with Crippen molar-refractivity contribution in [1.29, 1.82) is 0 Å². The van der Waals surface area contributed by atoms with E-state index in [9.17, 15) is 0 Å². The zero-order valence-corrected chi connectivity index (χ0v) is 20.6. The van der Waals surface area contributed by atoms with Gasteiger partial charge in [0.05, 0.1) is 14.2 Å². The Morgan fingerprint density at radius 2 is 1.49 bits per heavy atom. The van der Waals surface area contributed by atoms with Gasteiger partial charge in [0.1, 0.15) is 23.0 Å². The molecule has 180 valence electrons. The number of likely N-dealkylation sites (tertiary alicyclic amines) is 1. The van der Waals surface area contributed by atoms with E-state index in [1.807, 2.05) is 48.5 Å². The minimum absolute atomic E-state index is 0.822.